The van der Waals surface area contributed by atoms with E-state index in [1.807, 2.05) is 24.3 Å². The van der Waals surface area contributed by atoms with E-state index in [4.69, 9.17) is 28.5 Å². The molecule has 2 amide bonds. The second-order valence-electron chi connectivity index (χ2n) is 19.8. The van der Waals surface area contributed by atoms with E-state index in [9.17, 15) is 24.6 Å². The van der Waals surface area contributed by atoms with Gasteiger partial charge in [-0.3, -0.25) is 24.0 Å². The third kappa shape index (κ3) is 10.8. The Balaban J connectivity index is 1.16. The molecule has 3 unspecified atom stereocenters. The molecule has 0 radical (unpaired) electrons. The molecular formula is C48H71N3O12. The third-order valence-corrected chi connectivity index (χ3v) is 13.6. The topological polar surface area (TPSA) is 195 Å². The summed E-state index contributed by atoms with van der Waals surface area (Å²) in [5, 5.41) is 28.2. The fourth-order valence-corrected chi connectivity index (χ4v) is 10.4. The fourth-order valence-electron chi connectivity index (χ4n) is 10.4. The number of hydroxylamine groups is 2. The molecule has 2 bridgehead atoms. The lowest BCUT2D eigenvalue weighted by Crippen LogP contribution is -2.71. The number of fused-ring (bicyclic) bond motifs is 5. The van der Waals surface area contributed by atoms with Gasteiger partial charge in [-0.05, 0) is 83.3 Å². The third-order valence-electron chi connectivity index (χ3n) is 13.6. The number of epoxide rings is 1. The van der Waals surface area contributed by atoms with Crippen LogP contribution in [0, 0.1) is 11.3 Å². The van der Waals surface area contributed by atoms with Gasteiger partial charge in [-0.2, -0.15) is 5.06 Å². The lowest BCUT2D eigenvalue weighted by Gasteiger charge is -2.49. The highest BCUT2D eigenvalue weighted by Gasteiger charge is 2.76. The van der Waals surface area contributed by atoms with Gasteiger partial charge in [-0.25, -0.2) is 0 Å². The number of carbonyl (C=O) groups is 4. The molecule has 6 aliphatic rings. The Labute approximate surface area is 372 Å². The van der Waals surface area contributed by atoms with Crippen molar-refractivity contribution in [3.63, 3.8) is 0 Å². The van der Waals surface area contributed by atoms with Crippen molar-refractivity contribution in [3.05, 3.63) is 41.5 Å². The molecule has 2 saturated carbocycles. The number of unbranched alkanes of at least 4 members (excludes halogenated alkanes) is 4. The summed E-state index contributed by atoms with van der Waals surface area (Å²) in [7, 11) is 0. The molecule has 1 aromatic rings. The van der Waals surface area contributed by atoms with Crippen LogP contribution < -0.4 is 10.6 Å². The first-order chi connectivity index (χ1) is 30.1. The predicted octanol–water partition coefficient (Wildman–Crippen LogP) is 5.17. The van der Waals surface area contributed by atoms with Crippen LogP contribution in [0.15, 0.2) is 30.3 Å². The minimum absolute atomic E-state index is 0.0416. The average molecular weight is 882 g/mol. The zero-order chi connectivity index (χ0) is 45.1. The number of hydrogen-bond acceptors (Lipinski definition) is 13. The SMILES string of the molecule is CCCCCC1(CCCCC)O[C@@H]2[C@H](O1)[C@H]1ON(Cc3cccc(C=CC4CCC5OC5C4)c3)[C@H]3C(=O)O[C@@H]2C[C@@]13C(=O)N[C@@H](C(=O)N[C@H](CO)CCC(=O)OC(C)(C)C)[C@H](C)O. The summed E-state index contributed by atoms with van der Waals surface area (Å²) in [6.07, 6.45) is 10.7. The minimum atomic E-state index is -1.60. The maximum Gasteiger partial charge on any atom is 0.327 e. The summed E-state index contributed by atoms with van der Waals surface area (Å²) in [6.45, 7) is 10.6. The maximum atomic E-state index is 15.2. The van der Waals surface area contributed by atoms with Crippen LogP contribution in [0.25, 0.3) is 6.08 Å². The zero-order valence-corrected chi connectivity index (χ0v) is 38.1. The summed E-state index contributed by atoms with van der Waals surface area (Å²) in [5.41, 5.74) is -0.454. The molecule has 350 valence electrons. The average Bonchev–Trinajstić information content (AvgIpc) is 3.78. The Morgan fingerprint density at radius 2 is 1.73 bits per heavy atom. The van der Waals surface area contributed by atoms with Gasteiger partial charge in [0.15, 0.2) is 11.8 Å². The molecule has 12 atom stereocenters. The number of nitrogens with one attached hydrogen (secondary N) is 2. The summed E-state index contributed by atoms with van der Waals surface area (Å²) < 4.78 is 31.2. The van der Waals surface area contributed by atoms with E-state index in [-0.39, 0.29) is 25.8 Å². The summed E-state index contributed by atoms with van der Waals surface area (Å²) >= 11 is 0. The van der Waals surface area contributed by atoms with E-state index in [0.717, 1.165) is 68.9 Å². The summed E-state index contributed by atoms with van der Waals surface area (Å²) in [5.74, 6) is -3.08. The number of amides is 2. The molecule has 4 heterocycles. The van der Waals surface area contributed by atoms with E-state index in [0.29, 0.717) is 31.0 Å². The molecule has 7 rings (SSSR count). The van der Waals surface area contributed by atoms with Gasteiger partial charge in [0, 0.05) is 25.7 Å². The molecule has 4 N–H and O–H groups in total. The van der Waals surface area contributed by atoms with Gasteiger partial charge in [-0.15, -0.1) is 0 Å². The first-order valence-corrected chi connectivity index (χ1v) is 23.6. The number of carbonyl (C=O) groups excluding carboxylic acids is 4. The highest BCUT2D eigenvalue weighted by molar-refractivity contribution is 5.96. The maximum absolute atomic E-state index is 15.2. The molecular weight excluding hydrogens is 811 g/mol. The van der Waals surface area contributed by atoms with Crippen molar-refractivity contribution in [2.45, 2.75) is 210 Å². The number of aliphatic hydroxyl groups excluding tert-OH is 2. The van der Waals surface area contributed by atoms with Gasteiger partial charge < -0.3 is 44.5 Å². The van der Waals surface area contributed by atoms with E-state index in [1.165, 1.54) is 12.0 Å². The van der Waals surface area contributed by atoms with Crippen LogP contribution in [0.2, 0.25) is 0 Å². The molecule has 1 aromatic carbocycles. The highest BCUT2D eigenvalue weighted by atomic mass is 16.8. The highest BCUT2D eigenvalue weighted by Crippen LogP contribution is 2.58. The molecule has 4 saturated heterocycles. The number of hydrogen-bond donors (Lipinski definition) is 4. The Morgan fingerprint density at radius 3 is 2.40 bits per heavy atom. The van der Waals surface area contributed by atoms with Crippen molar-refractivity contribution in [2.24, 2.45) is 11.3 Å². The molecule has 6 fully saturated rings. The Bertz CT molecular complexity index is 1810. The van der Waals surface area contributed by atoms with Crippen LogP contribution in [-0.4, -0.2) is 118 Å². The van der Waals surface area contributed by atoms with Crippen molar-refractivity contribution in [1.82, 2.24) is 15.7 Å². The van der Waals surface area contributed by atoms with Gasteiger partial charge in [0.25, 0.3) is 0 Å². The molecule has 4 aliphatic heterocycles. The van der Waals surface area contributed by atoms with E-state index >= 15 is 4.79 Å². The van der Waals surface area contributed by atoms with Crippen molar-refractivity contribution in [2.75, 3.05) is 6.61 Å². The van der Waals surface area contributed by atoms with Crippen LogP contribution in [0.3, 0.4) is 0 Å². The van der Waals surface area contributed by atoms with Crippen LogP contribution in [0.5, 0.6) is 0 Å². The van der Waals surface area contributed by atoms with Crippen molar-refractivity contribution in [3.8, 4) is 0 Å². The number of nitrogens with zero attached hydrogens (tertiary/aromatic N) is 1. The van der Waals surface area contributed by atoms with Crippen LogP contribution in [-0.2, 0) is 54.2 Å². The van der Waals surface area contributed by atoms with E-state index in [2.05, 4.69) is 36.6 Å². The molecule has 2 aliphatic carbocycles. The molecule has 0 aromatic heterocycles. The predicted molar refractivity (Wildman–Crippen MR) is 231 cm³/mol. The second kappa shape index (κ2) is 20.0. The van der Waals surface area contributed by atoms with Gasteiger partial charge in [-0.1, -0.05) is 75.9 Å². The number of aliphatic hydroxyl groups is 2. The first-order valence-electron chi connectivity index (χ1n) is 23.6. The standard InChI is InChI=1S/C48H71N3O12/c1-7-9-11-22-47(23-12-10-8-2)61-39-36-26-48(45(57)50-38(29(3)53)43(55)49-33(28-52)19-21-37(54)60-46(4,5)6)41(44(56)59-36)51(63-42(48)40(39)62-47)27-32-15-13-14-30(24-32)16-17-31-18-20-34-35(25-31)58-34/h13-17,24,29,31,33-36,38-42,52-53H,7-12,18-23,25-28H2,1-6H3,(H,49,55)(H,50,57)/t29-,31?,33-,34?,35?,36+,38+,39-,40-,41-,42+,48-/m0/s1. The van der Waals surface area contributed by atoms with Gasteiger partial charge >= 0.3 is 11.9 Å². The quantitative estimate of drug-likeness (QED) is 0.0719. The fraction of sp³-hybridized carbons (Fsp3) is 0.750. The molecule has 0 spiro atoms. The molecule has 63 heavy (non-hydrogen) atoms. The van der Waals surface area contributed by atoms with Crippen molar-refractivity contribution in [1.29, 1.82) is 0 Å². The van der Waals surface area contributed by atoms with Crippen LogP contribution >= 0.6 is 0 Å². The minimum Gasteiger partial charge on any atom is -0.460 e. The zero-order valence-electron chi connectivity index (χ0n) is 38.1. The molecule has 15 nitrogen and oxygen atoms in total. The smallest absolute Gasteiger partial charge is 0.327 e. The monoisotopic (exact) mass is 882 g/mol. The van der Waals surface area contributed by atoms with E-state index in [1.54, 1.807) is 20.8 Å². The number of rotatable bonds is 21. The van der Waals surface area contributed by atoms with Gasteiger partial charge in [0.2, 0.25) is 11.8 Å². The number of allylic oxidation sites excluding steroid dienone is 1. The Morgan fingerprint density at radius 1 is 1.00 bits per heavy atom. The van der Waals surface area contributed by atoms with E-state index < -0.39 is 95.8 Å². The van der Waals surface area contributed by atoms with Crippen molar-refractivity contribution < 1.29 is 57.9 Å². The van der Waals surface area contributed by atoms with Crippen LogP contribution in [0.4, 0.5) is 0 Å². The largest absolute Gasteiger partial charge is 0.460 e. The summed E-state index contributed by atoms with van der Waals surface area (Å²) in [6, 6.07) is 4.41. The Kier molecular flexibility index (Phi) is 15.1. The summed E-state index contributed by atoms with van der Waals surface area (Å²) in [4.78, 5) is 62.8. The first kappa shape index (κ1) is 47.5. The number of esters is 2. The van der Waals surface area contributed by atoms with Gasteiger partial charge in [0.1, 0.15) is 41.5 Å². The lowest BCUT2D eigenvalue weighted by atomic mass is 9.62. The van der Waals surface area contributed by atoms with Crippen LogP contribution in [0.1, 0.15) is 143 Å². The van der Waals surface area contributed by atoms with Crippen molar-refractivity contribution >= 4 is 29.8 Å². The number of benzene rings is 1. The molecule has 15 heteroatoms. The normalized spacial score (nSPS) is 32.0. The second-order valence-corrected chi connectivity index (χ2v) is 19.8. The van der Waals surface area contributed by atoms with Gasteiger partial charge in [0.05, 0.1) is 37.5 Å². The lowest BCUT2D eigenvalue weighted by molar-refractivity contribution is -0.224. The Hall–Kier alpha value is -3.44. The number of ether oxygens (including phenoxy) is 5.